The Hall–Kier alpha value is 0.360. The third-order valence-electron chi connectivity index (χ3n) is 4.55. The van der Waals surface area contributed by atoms with E-state index in [0.29, 0.717) is 18.8 Å². The topological polar surface area (TPSA) is 32.8 Å². The van der Waals surface area contributed by atoms with Gasteiger partial charge in [-0.3, -0.25) is 9.69 Å². The van der Waals surface area contributed by atoms with Gasteiger partial charge in [-0.25, -0.2) is 0 Å². The molecule has 156 valence electrons. The molecule has 1 heterocycles. The highest BCUT2D eigenvalue weighted by Gasteiger charge is 2.24. The second kappa shape index (κ2) is 10.8. The molecule has 1 aliphatic rings. The number of rotatable bonds is 5. The van der Waals surface area contributed by atoms with Gasteiger partial charge >= 0.3 is 0 Å². The van der Waals surface area contributed by atoms with Crippen molar-refractivity contribution < 1.29 is 9.53 Å². The molecule has 1 fully saturated rings. The van der Waals surface area contributed by atoms with Crippen LogP contribution in [0.25, 0.3) is 0 Å². The lowest BCUT2D eigenvalue weighted by atomic mass is 10.2. The zero-order valence-electron chi connectivity index (χ0n) is 15.0. The van der Waals surface area contributed by atoms with Gasteiger partial charge in [0, 0.05) is 42.2 Å². The molecule has 0 bridgehead atoms. The van der Waals surface area contributed by atoms with Crippen molar-refractivity contribution in [3.05, 3.63) is 57.2 Å². The van der Waals surface area contributed by atoms with Crippen LogP contribution in [0.2, 0.25) is 5.02 Å². The van der Waals surface area contributed by atoms with Crippen molar-refractivity contribution in [3.63, 3.8) is 0 Å². The predicted molar refractivity (Wildman–Crippen MR) is 134 cm³/mol. The molecule has 29 heavy (non-hydrogen) atoms. The lowest BCUT2D eigenvalue weighted by Gasteiger charge is -2.34. The maximum Gasteiger partial charge on any atom is 0.260 e. The summed E-state index contributed by atoms with van der Waals surface area (Å²) in [5, 5.41) is 0.743. The lowest BCUT2D eigenvalue weighted by molar-refractivity contribution is -0.135. The summed E-state index contributed by atoms with van der Waals surface area (Å²) in [5.74, 6) is 0.548. The summed E-state index contributed by atoms with van der Waals surface area (Å²) in [6.45, 7) is 3.87. The van der Waals surface area contributed by atoms with E-state index in [4.69, 9.17) is 16.3 Å². The maximum absolute atomic E-state index is 12.6. The molecule has 1 amide bonds. The minimum atomic E-state index is -0.0230. The minimum absolute atomic E-state index is 0.0190. The molecule has 10 heteroatoms. The zero-order chi connectivity index (χ0) is 21.1. The Kier molecular flexibility index (Phi) is 8.93. The highest BCUT2D eigenvalue weighted by Crippen LogP contribution is 2.48. The molecular formula is C19H16Br5ClN2O2. The summed E-state index contributed by atoms with van der Waals surface area (Å²) in [6, 6.07) is 7.89. The standard InChI is InChI=1S/C19H16Br5ClN2O2/c20-14-15(21)17(23)19(18(24)16(14)22)29-10-13(28)27-7-5-26(6-8-27)9-11-1-3-12(25)4-2-11/h1-4H,5-10H2. The first kappa shape index (κ1) is 24.0. The summed E-state index contributed by atoms with van der Waals surface area (Å²) < 4.78 is 9.79. The third-order valence-corrected chi connectivity index (χ3v) is 10.8. The van der Waals surface area contributed by atoms with Crippen LogP contribution in [0.5, 0.6) is 5.75 Å². The Balaban J connectivity index is 1.53. The number of piperazine rings is 1. The largest absolute Gasteiger partial charge is 0.481 e. The molecule has 2 aromatic carbocycles. The van der Waals surface area contributed by atoms with Crippen LogP contribution in [0.4, 0.5) is 0 Å². The number of halogens is 6. The summed E-state index contributed by atoms with van der Waals surface area (Å²) >= 11 is 23.5. The number of carbonyl (C=O) groups is 1. The van der Waals surface area contributed by atoms with Crippen molar-refractivity contribution in [2.75, 3.05) is 32.8 Å². The van der Waals surface area contributed by atoms with Crippen LogP contribution in [0.15, 0.2) is 46.6 Å². The summed E-state index contributed by atoms with van der Waals surface area (Å²) in [6.07, 6.45) is 0. The van der Waals surface area contributed by atoms with E-state index in [-0.39, 0.29) is 12.5 Å². The van der Waals surface area contributed by atoms with Gasteiger partial charge in [-0.05, 0) is 97.3 Å². The summed E-state index contributed by atoms with van der Waals surface area (Å²) in [7, 11) is 0. The fourth-order valence-corrected chi connectivity index (χ4v) is 6.31. The van der Waals surface area contributed by atoms with Crippen LogP contribution in [0.3, 0.4) is 0 Å². The van der Waals surface area contributed by atoms with Crippen molar-refractivity contribution >= 4 is 97.2 Å². The molecule has 0 aromatic heterocycles. The molecule has 0 saturated carbocycles. The van der Waals surface area contributed by atoms with Crippen LogP contribution in [0, 0.1) is 0 Å². The van der Waals surface area contributed by atoms with E-state index in [1.807, 2.05) is 29.2 Å². The zero-order valence-corrected chi connectivity index (χ0v) is 23.7. The van der Waals surface area contributed by atoms with E-state index < -0.39 is 0 Å². The van der Waals surface area contributed by atoms with Gasteiger partial charge in [0.05, 0.1) is 17.9 Å². The molecule has 3 rings (SSSR count). The molecular weight excluding hydrogens is 723 g/mol. The highest BCUT2D eigenvalue weighted by atomic mass is 79.9. The van der Waals surface area contributed by atoms with Gasteiger partial charge in [0.25, 0.3) is 5.91 Å². The van der Waals surface area contributed by atoms with Gasteiger partial charge in [-0.1, -0.05) is 23.7 Å². The fraction of sp³-hybridized carbons (Fsp3) is 0.316. The number of hydrogen-bond acceptors (Lipinski definition) is 3. The van der Waals surface area contributed by atoms with Gasteiger partial charge in [-0.15, -0.1) is 0 Å². The monoisotopic (exact) mass is 734 g/mol. The van der Waals surface area contributed by atoms with E-state index in [2.05, 4.69) is 84.5 Å². The first-order valence-electron chi connectivity index (χ1n) is 8.66. The second-order valence-corrected chi connectivity index (χ2v) is 10.9. The summed E-state index contributed by atoms with van der Waals surface area (Å²) in [5.41, 5.74) is 1.22. The molecule has 0 radical (unpaired) electrons. The first-order chi connectivity index (χ1) is 13.8. The molecule has 0 aliphatic carbocycles. The van der Waals surface area contributed by atoms with Crippen LogP contribution in [-0.4, -0.2) is 48.5 Å². The fourth-order valence-electron chi connectivity index (χ4n) is 2.94. The van der Waals surface area contributed by atoms with Crippen molar-refractivity contribution in [2.24, 2.45) is 0 Å². The third kappa shape index (κ3) is 5.99. The van der Waals surface area contributed by atoms with Crippen molar-refractivity contribution in [2.45, 2.75) is 6.54 Å². The normalized spacial score (nSPS) is 14.9. The van der Waals surface area contributed by atoms with Crippen LogP contribution in [-0.2, 0) is 11.3 Å². The van der Waals surface area contributed by atoms with Gasteiger partial charge in [0.1, 0.15) is 0 Å². The Morgan fingerprint density at radius 2 is 1.38 bits per heavy atom. The highest BCUT2D eigenvalue weighted by molar-refractivity contribution is 9.15. The van der Waals surface area contributed by atoms with E-state index in [1.165, 1.54) is 5.56 Å². The Morgan fingerprint density at radius 1 is 0.862 bits per heavy atom. The summed E-state index contributed by atoms with van der Waals surface area (Å²) in [4.78, 5) is 16.8. The second-order valence-electron chi connectivity index (χ2n) is 6.47. The number of nitrogens with zero attached hydrogens (tertiary/aromatic N) is 2. The number of ether oxygens (including phenoxy) is 1. The molecule has 0 spiro atoms. The van der Waals surface area contributed by atoms with Gasteiger partial charge in [-0.2, -0.15) is 0 Å². The maximum atomic E-state index is 12.6. The van der Waals surface area contributed by atoms with Crippen molar-refractivity contribution in [1.82, 2.24) is 9.80 Å². The average molecular weight is 739 g/mol. The molecule has 4 nitrogen and oxygen atoms in total. The SMILES string of the molecule is O=C(COc1c(Br)c(Br)c(Br)c(Br)c1Br)N1CCN(Cc2ccc(Cl)cc2)CC1. The Bertz CT molecular complexity index is 873. The molecule has 0 N–H and O–H groups in total. The van der Waals surface area contributed by atoms with Gasteiger partial charge < -0.3 is 9.64 Å². The molecule has 0 unspecified atom stereocenters. The van der Waals surface area contributed by atoms with Crippen LogP contribution in [0.1, 0.15) is 5.56 Å². The van der Waals surface area contributed by atoms with E-state index in [1.54, 1.807) is 0 Å². The number of hydrogen-bond donors (Lipinski definition) is 0. The first-order valence-corrected chi connectivity index (χ1v) is 13.0. The quantitative estimate of drug-likeness (QED) is 0.248. The van der Waals surface area contributed by atoms with E-state index in [9.17, 15) is 4.79 Å². The number of carbonyl (C=O) groups excluding carboxylic acids is 1. The smallest absolute Gasteiger partial charge is 0.260 e. The van der Waals surface area contributed by atoms with Crippen LogP contribution >= 0.6 is 91.3 Å². The Morgan fingerprint density at radius 3 is 1.93 bits per heavy atom. The number of amides is 1. The Labute approximate surface area is 216 Å². The molecule has 2 aromatic rings. The molecule has 1 saturated heterocycles. The van der Waals surface area contributed by atoms with Gasteiger partial charge in [0.2, 0.25) is 0 Å². The van der Waals surface area contributed by atoms with Crippen LogP contribution < -0.4 is 4.74 Å². The lowest BCUT2D eigenvalue weighted by Crippen LogP contribution is -2.49. The van der Waals surface area contributed by atoms with Crippen molar-refractivity contribution in [3.8, 4) is 5.75 Å². The van der Waals surface area contributed by atoms with Gasteiger partial charge in [0.15, 0.2) is 12.4 Å². The average Bonchev–Trinajstić information content (AvgIpc) is 2.73. The molecule has 1 aliphatic heterocycles. The predicted octanol–water partition coefficient (Wildman–Crippen LogP) is 6.88. The van der Waals surface area contributed by atoms with E-state index >= 15 is 0 Å². The minimum Gasteiger partial charge on any atom is -0.481 e. The molecule has 0 atom stereocenters. The number of benzene rings is 2. The van der Waals surface area contributed by atoms with E-state index in [0.717, 1.165) is 47.0 Å². The van der Waals surface area contributed by atoms with Crippen molar-refractivity contribution in [1.29, 1.82) is 0 Å².